The first-order valence-corrected chi connectivity index (χ1v) is 8.14. The number of aryl methyl sites for hydroxylation is 1. The second-order valence-electron chi connectivity index (χ2n) is 5.70. The van der Waals surface area contributed by atoms with Crippen molar-refractivity contribution in [1.82, 2.24) is 9.69 Å². The second kappa shape index (κ2) is 6.17. The summed E-state index contributed by atoms with van der Waals surface area (Å²) in [6, 6.07) is 5.01. The molecule has 2 aromatic rings. The molecule has 0 atom stereocenters. The highest BCUT2D eigenvalue weighted by Crippen LogP contribution is 2.43. The number of amides is 2. The molecule has 1 heterocycles. The minimum Gasteiger partial charge on any atom is -0.328 e. The van der Waals surface area contributed by atoms with Gasteiger partial charge < -0.3 is 5.32 Å². The molecule has 0 bridgehead atoms. The summed E-state index contributed by atoms with van der Waals surface area (Å²) in [4.78, 5) is 12.3. The molecule has 24 heavy (non-hydrogen) atoms. The Labute approximate surface area is 141 Å². The highest BCUT2D eigenvalue weighted by Gasteiger charge is 2.44. The van der Waals surface area contributed by atoms with Crippen LogP contribution in [0.4, 0.5) is 18.6 Å². The lowest BCUT2D eigenvalue weighted by Crippen LogP contribution is -2.53. The largest absolute Gasteiger partial charge is 0.328 e. The van der Waals surface area contributed by atoms with Crippen LogP contribution in [0.5, 0.6) is 0 Å². The van der Waals surface area contributed by atoms with Crippen LogP contribution in [0.15, 0.2) is 18.2 Å². The van der Waals surface area contributed by atoms with Gasteiger partial charge in [-0.2, -0.15) is 9.64 Å². The Morgan fingerprint density at radius 2 is 2.04 bits per heavy atom. The number of urea groups is 1. The van der Waals surface area contributed by atoms with Crippen LogP contribution in [0.1, 0.15) is 36.1 Å². The molecule has 0 saturated heterocycles. The zero-order chi connectivity index (χ0) is 17.3. The summed E-state index contributed by atoms with van der Waals surface area (Å²) in [6.07, 6.45) is 1.66. The Balaban J connectivity index is 1.83. The van der Waals surface area contributed by atoms with Crippen molar-refractivity contribution in [2.75, 3.05) is 5.32 Å². The Morgan fingerprint density at radius 3 is 2.58 bits per heavy atom. The van der Waals surface area contributed by atoms with Crippen LogP contribution in [0, 0.1) is 29.9 Å². The Morgan fingerprint density at radius 1 is 1.38 bits per heavy atom. The summed E-state index contributed by atoms with van der Waals surface area (Å²) >= 11 is 0.990. The number of nitrogens with one attached hydrogen (secondary N) is 2. The van der Waals surface area contributed by atoms with E-state index in [2.05, 4.69) is 15.0 Å². The normalized spacial score (nSPS) is 15.2. The van der Waals surface area contributed by atoms with Gasteiger partial charge in [0, 0.05) is 5.56 Å². The maximum Gasteiger partial charge on any atom is 0.320 e. The van der Waals surface area contributed by atoms with Gasteiger partial charge in [-0.1, -0.05) is 6.07 Å². The molecule has 2 N–H and O–H groups in total. The number of anilines is 1. The SMILES string of the molecule is Cc1nsc(NC(=O)NC2(c3c(F)cccc3F)CCC2)c1C#N. The van der Waals surface area contributed by atoms with Crippen LogP contribution < -0.4 is 10.6 Å². The monoisotopic (exact) mass is 348 g/mol. The molecule has 1 aromatic heterocycles. The zero-order valence-electron chi connectivity index (χ0n) is 12.8. The quantitative estimate of drug-likeness (QED) is 0.885. The number of rotatable bonds is 3. The highest BCUT2D eigenvalue weighted by molar-refractivity contribution is 7.10. The Kier molecular flexibility index (Phi) is 4.20. The van der Waals surface area contributed by atoms with E-state index in [-0.39, 0.29) is 11.1 Å². The number of halogens is 2. The van der Waals surface area contributed by atoms with E-state index in [1.165, 1.54) is 18.2 Å². The highest BCUT2D eigenvalue weighted by atomic mass is 32.1. The van der Waals surface area contributed by atoms with Crippen LogP contribution >= 0.6 is 11.5 Å². The van der Waals surface area contributed by atoms with Gasteiger partial charge in [0.25, 0.3) is 0 Å². The van der Waals surface area contributed by atoms with Crippen LogP contribution in [0.2, 0.25) is 0 Å². The summed E-state index contributed by atoms with van der Waals surface area (Å²) in [6.45, 7) is 1.67. The number of hydrogen-bond acceptors (Lipinski definition) is 4. The molecule has 1 fully saturated rings. The number of aromatic nitrogens is 1. The predicted molar refractivity (Wildman–Crippen MR) is 85.6 cm³/mol. The van der Waals surface area contributed by atoms with E-state index in [9.17, 15) is 13.6 Å². The predicted octanol–water partition coefficient (Wildman–Crippen LogP) is 3.80. The topological polar surface area (TPSA) is 77.8 Å². The maximum atomic E-state index is 14.1. The Bertz CT molecular complexity index is 819. The van der Waals surface area contributed by atoms with Gasteiger partial charge >= 0.3 is 6.03 Å². The smallest absolute Gasteiger partial charge is 0.320 e. The van der Waals surface area contributed by atoms with Gasteiger partial charge in [0.05, 0.1) is 11.2 Å². The third kappa shape index (κ3) is 2.71. The van der Waals surface area contributed by atoms with E-state index in [4.69, 9.17) is 5.26 Å². The van der Waals surface area contributed by atoms with Gasteiger partial charge in [0.2, 0.25) is 0 Å². The maximum absolute atomic E-state index is 14.1. The molecular weight excluding hydrogens is 334 g/mol. The third-order valence-corrected chi connectivity index (χ3v) is 5.06. The van der Waals surface area contributed by atoms with Crippen molar-refractivity contribution in [3.8, 4) is 6.07 Å². The minimum absolute atomic E-state index is 0.118. The van der Waals surface area contributed by atoms with E-state index >= 15 is 0 Å². The van der Waals surface area contributed by atoms with Gasteiger partial charge in [-0.3, -0.25) is 5.32 Å². The molecule has 0 unspecified atom stereocenters. The number of carbonyl (C=O) groups is 1. The zero-order valence-corrected chi connectivity index (χ0v) is 13.6. The van der Waals surface area contributed by atoms with E-state index in [1.54, 1.807) is 6.92 Å². The van der Waals surface area contributed by atoms with Crippen LogP contribution in [-0.4, -0.2) is 10.4 Å². The van der Waals surface area contributed by atoms with Gasteiger partial charge in [-0.15, -0.1) is 0 Å². The lowest BCUT2D eigenvalue weighted by atomic mass is 9.71. The number of carbonyl (C=O) groups excluding carboxylic acids is 1. The molecule has 5 nitrogen and oxygen atoms in total. The standard InChI is InChI=1S/C16H14F2N4OS/c1-9-10(8-19)14(24-22-9)20-15(23)21-16(6-3-7-16)13-11(17)4-2-5-12(13)18/h2,4-5H,3,6-7H2,1H3,(H2,20,21,23). The lowest BCUT2D eigenvalue weighted by Gasteiger charge is -2.43. The van der Waals surface area contributed by atoms with E-state index in [0.717, 1.165) is 18.0 Å². The summed E-state index contributed by atoms with van der Waals surface area (Å²) in [5.74, 6) is -1.36. The number of hydrogen-bond donors (Lipinski definition) is 2. The van der Waals surface area contributed by atoms with E-state index < -0.39 is 23.2 Å². The third-order valence-electron chi connectivity index (χ3n) is 4.20. The van der Waals surface area contributed by atoms with Gasteiger partial charge in [0.15, 0.2) is 0 Å². The summed E-state index contributed by atoms with van der Waals surface area (Å²) in [5, 5.41) is 14.6. The van der Waals surface area contributed by atoms with Gasteiger partial charge in [-0.25, -0.2) is 13.6 Å². The average Bonchev–Trinajstić information content (AvgIpc) is 2.84. The van der Waals surface area contributed by atoms with Crippen molar-refractivity contribution >= 4 is 22.6 Å². The van der Waals surface area contributed by atoms with Crippen LogP contribution in [0.25, 0.3) is 0 Å². The summed E-state index contributed by atoms with van der Waals surface area (Å²) in [5.41, 5.74) is -0.370. The van der Waals surface area contributed by atoms with E-state index in [1.807, 2.05) is 6.07 Å². The molecule has 1 aliphatic carbocycles. The molecule has 124 valence electrons. The van der Waals surface area contributed by atoms with Crippen LogP contribution in [0.3, 0.4) is 0 Å². The second-order valence-corrected chi connectivity index (χ2v) is 6.47. The molecule has 0 radical (unpaired) electrons. The molecule has 8 heteroatoms. The number of nitrogens with zero attached hydrogens (tertiary/aromatic N) is 2. The first-order valence-electron chi connectivity index (χ1n) is 7.37. The van der Waals surface area contributed by atoms with Crippen molar-refractivity contribution in [2.45, 2.75) is 31.7 Å². The molecule has 0 aliphatic heterocycles. The molecule has 1 aliphatic rings. The number of benzene rings is 1. The molecule has 3 rings (SSSR count). The van der Waals surface area contributed by atoms with Crippen LogP contribution in [-0.2, 0) is 5.54 Å². The first kappa shape index (κ1) is 16.3. The lowest BCUT2D eigenvalue weighted by molar-refractivity contribution is 0.175. The molecule has 1 aromatic carbocycles. The van der Waals surface area contributed by atoms with E-state index in [0.29, 0.717) is 23.5 Å². The molecule has 2 amide bonds. The van der Waals surface area contributed by atoms with Crippen molar-refractivity contribution in [2.24, 2.45) is 0 Å². The van der Waals surface area contributed by atoms with Crippen molar-refractivity contribution in [3.63, 3.8) is 0 Å². The number of nitriles is 1. The molecular formula is C16H14F2N4OS. The van der Waals surface area contributed by atoms with Gasteiger partial charge in [-0.05, 0) is 49.9 Å². The fourth-order valence-corrected chi connectivity index (χ4v) is 3.60. The Hall–Kier alpha value is -2.53. The summed E-state index contributed by atoms with van der Waals surface area (Å²) < 4.78 is 32.2. The average molecular weight is 348 g/mol. The minimum atomic E-state index is -1.06. The van der Waals surface area contributed by atoms with Crippen molar-refractivity contribution in [1.29, 1.82) is 5.26 Å². The van der Waals surface area contributed by atoms with Gasteiger partial charge in [0.1, 0.15) is 28.3 Å². The fraction of sp³-hybridized carbons (Fsp3) is 0.312. The van der Waals surface area contributed by atoms with Crippen molar-refractivity contribution in [3.05, 3.63) is 46.7 Å². The fourth-order valence-electron chi connectivity index (χ4n) is 2.86. The van der Waals surface area contributed by atoms with Crippen molar-refractivity contribution < 1.29 is 13.6 Å². The molecule has 0 spiro atoms. The molecule has 1 saturated carbocycles. The summed E-state index contributed by atoms with van der Waals surface area (Å²) in [7, 11) is 0. The first-order chi connectivity index (χ1) is 11.5.